The van der Waals surface area contributed by atoms with E-state index in [0.717, 1.165) is 52.2 Å². The molecule has 0 amide bonds. The van der Waals surface area contributed by atoms with Gasteiger partial charge in [0.05, 0.1) is 35.5 Å². The van der Waals surface area contributed by atoms with Crippen LogP contribution in [0.1, 0.15) is 140 Å². The molecule has 0 bridgehead atoms. The number of carboxylic acid groups (broad SMARTS) is 1. The molecule has 0 aromatic rings. The number of carboxylic acids is 1. The van der Waals surface area contributed by atoms with E-state index in [0.29, 0.717) is 51.6 Å². The summed E-state index contributed by atoms with van der Waals surface area (Å²) in [6.07, 6.45) is 3.12. The molecule has 7 N–H and O–H groups in total. The topological polar surface area (TPSA) is 336 Å². The molecule has 8 heterocycles. The number of cyclic esters (lactones) is 2. The predicted molar refractivity (Wildman–Crippen MR) is 286 cm³/mol. The first kappa shape index (κ1) is 61.2. The van der Waals surface area contributed by atoms with E-state index in [1.54, 1.807) is 13.8 Å². The van der Waals surface area contributed by atoms with E-state index in [-0.39, 0.29) is 75.2 Å². The molecule has 14 aliphatic rings. The normalized spacial score (nSPS) is 47.3. The van der Waals surface area contributed by atoms with E-state index in [1.807, 2.05) is 13.8 Å². The molecule has 4 saturated carbocycles. The van der Waals surface area contributed by atoms with E-state index in [4.69, 9.17) is 48.5 Å². The quantitative estimate of drug-likeness (QED) is 0.0764. The highest BCUT2D eigenvalue weighted by Gasteiger charge is 2.99. The number of nitrogens with one attached hydrogen (secondary N) is 1. The zero-order valence-electron chi connectivity index (χ0n) is 44.9. The van der Waals surface area contributed by atoms with Crippen molar-refractivity contribution in [3.05, 3.63) is 22.3 Å². The van der Waals surface area contributed by atoms with Crippen LogP contribution in [0.4, 0.5) is 0 Å². The van der Waals surface area contributed by atoms with Crippen molar-refractivity contribution in [2.45, 2.75) is 233 Å². The van der Waals surface area contributed by atoms with Gasteiger partial charge in [0.1, 0.15) is 64.7 Å². The van der Waals surface area contributed by atoms with Gasteiger partial charge in [0, 0.05) is 34.8 Å². The third-order valence-corrected chi connectivity index (χ3v) is 23.0. The van der Waals surface area contributed by atoms with Crippen molar-refractivity contribution in [2.75, 3.05) is 26.3 Å². The third kappa shape index (κ3) is 8.30. The van der Waals surface area contributed by atoms with Crippen LogP contribution >= 0.6 is 23.5 Å². The van der Waals surface area contributed by atoms with Gasteiger partial charge in [-0.15, -0.1) is 0 Å². The van der Waals surface area contributed by atoms with Crippen molar-refractivity contribution in [1.29, 1.82) is 10.5 Å². The molecule has 0 radical (unpaired) electrons. The molecule has 444 valence electrons. The van der Waals surface area contributed by atoms with E-state index in [9.17, 15) is 45.0 Å². The fraction of sp³-hybridized carbons (Fsp3) is 0.825. The van der Waals surface area contributed by atoms with Crippen LogP contribution in [-0.4, -0.2) is 174 Å². The number of carbonyl (C=O) groups is 4. The zero-order chi connectivity index (χ0) is 55.9. The molecule has 23 heteroatoms. The smallest absolute Gasteiger partial charge is 0.334 e. The molecule has 4 spiro atoms. The third-order valence-electron chi connectivity index (χ3n) is 21.0. The molecule has 20 atom stereocenters. The van der Waals surface area contributed by atoms with Crippen molar-refractivity contribution in [3.63, 3.8) is 0 Å². The molecule has 6 saturated heterocycles. The molecule has 10 fully saturated rings. The summed E-state index contributed by atoms with van der Waals surface area (Å²) in [5.41, 5.74) is -4.17. The summed E-state index contributed by atoms with van der Waals surface area (Å²) < 4.78 is 46.9. The van der Waals surface area contributed by atoms with Crippen LogP contribution in [0.15, 0.2) is 22.3 Å². The number of nitrogens with zero attached hydrogens (tertiary/aromatic N) is 2. The molecule has 6 aliphatic carbocycles. The van der Waals surface area contributed by atoms with Gasteiger partial charge < -0.3 is 73.9 Å². The summed E-state index contributed by atoms with van der Waals surface area (Å²) in [5.74, 6) is -3.00. The Bertz CT molecular complexity index is 2640. The number of ether oxygens (including phenoxy) is 8. The van der Waals surface area contributed by atoms with Crippen LogP contribution in [-0.2, 0) is 57.1 Å². The van der Waals surface area contributed by atoms with Gasteiger partial charge in [-0.2, -0.15) is 10.5 Å². The lowest BCUT2D eigenvalue weighted by Crippen LogP contribution is -2.76. The number of hydrogen-bond acceptors (Lipinski definition) is 22. The van der Waals surface area contributed by atoms with Gasteiger partial charge in [-0.25, -0.2) is 9.59 Å². The Hall–Kier alpha value is -3.40. The Balaban J connectivity index is 0.000000156. The maximum Gasteiger partial charge on any atom is 0.334 e. The lowest BCUT2D eigenvalue weighted by molar-refractivity contribution is -0.204. The SMILES string of the molecule is C.C.C1CCNCC1.CC(C)[C@@]1(O)[C@H](SC#N)C2O[C@]23[C@]2(O[C@H]2C[C@H]2C4=C(CC[C@@]23C)C(=O)OC4)[C@@H]1O.CC(C)[C@@]1(O)[C@H](SC#N)C2O[C@]23[C@]2(O[C@H]2C[C@H]2C4=C(CC[C@@]23C)C(=O)OC4)[C@@H]1OC(=O)CCC(=O)O.O[C@@H]1CC[C@H](O)O1. The van der Waals surface area contributed by atoms with Crippen molar-refractivity contribution in [1.82, 2.24) is 5.32 Å². The minimum Gasteiger partial charge on any atom is -0.481 e. The number of thiocyanates is 2. The van der Waals surface area contributed by atoms with E-state index >= 15 is 0 Å². The molecular formula is C57H81N3O18S2. The van der Waals surface area contributed by atoms with E-state index in [1.165, 1.54) is 32.4 Å². The number of epoxide rings is 4. The van der Waals surface area contributed by atoms with Gasteiger partial charge in [0.25, 0.3) is 0 Å². The zero-order valence-corrected chi connectivity index (χ0v) is 46.5. The number of aliphatic hydroxyl groups excluding tert-OH is 3. The first-order valence-corrected chi connectivity index (χ1v) is 29.6. The summed E-state index contributed by atoms with van der Waals surface area (Å²) in [5, 5.41) is 86.8. The second-order valence-corrected chi connectivity index (χ2v) is 26.7. The first-order chi connectivity index (χ1) is 37.0. The number of esters is 3. The van der Waals surface area contributed by atoms with Crippen LogP contribution in [0.5, 0.6) is 0 Å². The fourth-order valence-corrected chi connectivity index (χ4v) is 19.1. The minimum absolute atomic E-state index is 0. The van der Waals surface area contributed by atoms with Gasteiger partial charge in [0.2, 0.25) is 0 Å². The van der Waals surface area contributed by atoms with Gasteiger partial charge in [-0.3, -0.25) is 9.59 Å². The summed E-state index contributed by atoms with van der Waals surface area (Å²) >= 11 is 1.90. The van der Waals surface area contributed by atoms with Crippen LogP contribution < -0.4 is 5.32 Å². The van der Waals surface area contributed by atoms with E-state index < -0.39 is 111 Å². The Morgan fingerprint density at radius 2 is 1.18 bits per heavy atom. The number of fused-ring (bicyclic) bond motifs is 4. The van der Waals surface area contributed by atoms with Crippen molar-refractivity contribution in [3.8, 4) is 10.8 Å². The Labute approximate surface area is 476 Å². The van der Waals surface area contributed by atoms with Crippen LogP contribution in [0.3, 0.4) is 0 Å². The molecule has 8 aliphatic heterocycles. The number of aliphatic hydroxyl groups is 5. The van der Waals surface area contributed by atoms with Crippen LogP contribution in [0, 0.1) is 55.8 Å². The highest BCUT2D eigenvalue weighted by molar-refractivity contribution is 8.04. The largest absolute Gasteiger partial charge is 0.481 e. The van der Waals surface area contributed by atoms with Gasteiger partial charge in [-0.05, 0) is 123 Å². The lowest BCUT2D eigenvalue weighted by Gasteiger charge is -2.57. The molecule has 0 aromatic carbocycles. The Morgan fingerprint density at radius 1 is 0.713 bits per heavy atom. The van der Waals surface area contributed by atoms with Gasteiger partial charge in [0.15, 0.2) is 29.9 Å². The predicted octanol–water partition coefficient (Wildman–Crippen LogP) is 4.44. The van der Waals surface area contributed by atoms with Crippen molar-refractivity contribution in [2.24, 2.45) is 34.5 Å². The number of thioether (sulfide) groups is 2. The number of nitriles is 2. The molecule has 21 nitrogen and oxygen atoms in total. The summed E-state index contributed by atoms with van der Waals surface area (Å²) in [4.78, 5) is 48.4. The highest BCUT2D eigenvalue weighted by atomic mass is 32.2. The number of rotatable bonds is 8. The molecule has 14 rings (SSSR count). The first-order valence-electron chi connectivity index (χ1n) is 27.8. The van der Waals surface area contributed by atoms with Crippen LogP contribution in [0.2, 0.25) is 0 Å². The number of aliphatic carboxylic acids is 1. The monoisotopic (exact) mass is 1160 g/mol. The second-order valence-electron chi connectivity index (χ2n) is 24.9. The van der Waals surface area contributed by atoms with Gasteiger partial charge >= 0.3 is 23.9 Å². The number of carbonyl (C=O) groups excluding carboxylic acids is 3. The molecule has 80 heavy (non-hydrogen) atoms. The maximum absolute atomic E-state index is 12.9. The van der Waals surface area contributed by atoms with Crippen molar-refractivity contribution < 1.29 is 87.7 Å². The number of hydrogen-bond donors (Lipinski definition) is 7. The standard InChI is InChI=1S/C25H29NO9S.C21H25NO6S.C5H11N.C4H8O3.2CH4/c1-11(2)23(31)19(36-10-26)18-25(35-18)22(3)7-6-12-13(9-32-20(12)30)14(22)8-15-24(25,34-15)21(23)33-17(29)5-4-16(27)28;1-9(2)19(25)15(29-8-22)14-21(28-14)18(3)5-4-10-11(7-26-16(10)23)12(18)6-13-20(21,27-13)17(19)24;1-2-4-6-5-3-1;5-3-1-2-4(6)7-3;;/h11,14-15,18-19,21,31H,4-9H2,1-3H3,(H,27,28);9,12-15,17,24-25H,4-7H2,1-3H3;6H,1-5H2;3-6H,1-2H2;2*1H4/t14-,15-,18?,19+,21+,22-,23+,24+,25+;12-,13-,14?,15+,17+,18-,19+,20+,21+;;3-,4+;;/m00..../s1. The maximum atomic E-state index is 12.9. The average molecular weight is 1160 g/mol. The Morgan fingerprint density at radius 3 is 1.59 bits per heavy atom. The van der Waals surface area contributed by atoms with E-state index in [2.05, 4.69) is 34.7 Å². The second kappa shape index (κ2) is 21.3. The highest BCUT2D eigenvalue weighted by Crippen LogP contribution is 2.82. The molecular weight excluding hydrogens is 1080 g/mol. The molecule has 2 unspecified atom stereocenters. The average Bonchev–Trinajstić information content (AvgIpc) is 1.66. The van der Waals surface area contributed by atoms with Crippen molar-refractivity contribution >= 4 is 47.4 Å². The van der Waals surface area contributed by atoms with Gasteiger partial charge in [-0.1, -0.05) is 62.8 Å². The molecule has 0 aromatic heterocycles. The summed E-state index contributed by atoms with van der Waals surface area (Å²) in [7, 11) is 0. The van der Waals surface area contributed by atoms with Crippen LogP contribution in [0.25, 0.3) is 0 Å². The number of piperidine rings is 1. The Kier molecular flexibility index (Phi) is 16.3. The summed E-state index contributed by atoms with van der Waals surface area (Å²) in [6, 6.07) is 0. The minimum atomic E-state index is -1.65. The lowest BCUT2D eigenvalue weighted by atomic mass is 9.46. The summed E-state index contributed by atoms with van der Waals surface area (Å²) in [6.45, 7) is 14.7. The fourth-order valence-electron chi connectivity index (χ4n) is 16.9.